The quantitative estimate of drug-likeness (QED) is 0.617. The molecule has 0 fully saturated rings. The van der Waals surface area contributed by atoms with Crippen molar-refractivity contribution in [1.29, 1.82) is 0 Å². The Morgan fingerprint density at radius 3 is 2.59 bits per heavy atom. The van der Waals surface area contributed by atoms with Crippen molar-refractivity contribution >= 4 is 23.1 Å². The monoisotopic (exact) mass is 288 g/mol. The van der Waals surface area contributed by atoms with Gasteiger partial charge in [0.05, 0.1) is 11.2 Å². The first-order valence-corrected chi connectivity index (χ1v) is 7.51. The number of fused-ring (bicyclic) bond motifs is 1. The van der Waals surface area contributed by atoms with Crippen molar-refractivity contribution in [3.05, 3.63) is 77.8 Å². The summed E-state index contributed by atoms with van der Waals surface area (Å²) in [6, 6.07) is 12.4. The van der Waals surface area contributed by atoms with E-state index in [0.29, 0.717) is 0 Å². The van der Waals surface area contributed by atoms with Crippen LogP contribution in [-0.4, -0.2) is 9.55 Å². The Balaban J connectivity index is 2.16. The van der Waals surface area contributed by atoms with E-state index in [-0.39, 0.29) is 0 Å². The Morgan fingerprint density at radius 1 is 1.09 bits per heavy atom. The molecule has 2 heterocycles. The minimum absolute atomic E-state index is 0.800. The summed E-state index contributed by atoms with van der Waals surface area (Å²) in [5, 5.41) is 1.27. The van der Waals surface area contributed by atoms with Crippen LogP contribution in [0, 0.1) is 13.8 Å². The van der Waals surface area contributed by atoms with E-state index in [2.05, 4.69) is 60.3 Å². The molecular weight excluding hydrogens is 268 g/mol. The first kappa shape index (κ1) is 14.3. The molecule has 0 aliphatic heterocycles. The van der Waals surface area contributed by atoms with Crippen LogP contribution in [0.15, 0.2) is 55.3 Å². The van der Waals surface area contributed by atoms with Crippen LogP contribution >= 0.6 is 0 Å². The van der Waals surface area contributed by atoms with Gasteiger partial charge in [0.25, 0.3) is 0 Å². The number of pyridine rings is 1. The van der Waals surface area contributed by atoms with Crippen molar-refractivity contribution in [3.63, 3.8) is 0 Å². The fraction of sp³-hybridized carbons (Fsp3) is 0.150. The number of rotatable bonds is 4. The molecule has 0 radical (unpaired) electrons. The van der Waals surface area contributed by atoms with E-state index in [4.69, 9.17) is 0 Å². The van der Waals surface area contributed by atoms with Crippen LogP contribution in [-0.2, 0) is 6.54 Å². The zero-order valence-corrected chi connectivity index (χ0v) is 13.1. The van der Waals surface area contributed by atoms with Gasteiger partial charge in [0, 0.05) is 23.8 Å². The molecule has 0 bridgehead atoms. The van der Waals surface area contributed by atoms with Crippen molar-refractivity contribution in [2.45, 2.75) is 20.4 Å². The third kappa shape index (κ3) is 2.48. The summed E-state index contributed by atoms with van der Waals surface area (Å²) in [7, 11) is 0. The summed E-state index contributed by atoms with van der Waals surface area (Å²) >= 11 is 0. The van der Waals surface area contributed by atoms with Crippen molar-refractivity contribution in [3.8, 4) is 0 Å². The lowest BCUT2D eigenvalue weighted by Gasteiger charge is -2.06. The molecule has 2 heteroatoms. The van der Waals surface area contributed by atoms with Gasteiger partial charge in [-0.1, -0.05) is 42.5 Å². The van der Waals surface area contributed by atoms with Gasteiger partial charge < -0.3 is 4.57 Å². The molecule has 0 saturated carbocycles. The molecule has 0 aliphatic rings. The standard InChI is InChI=1S/C20H20N2/c1-4-14-22-16(3)15(2)18-12-13-21-19(20(18)22)11-10-17-8-6-5-7-9-17/h4-13H,1,14H2,2-3H3/b11-10+. The van der Waals surface area contributed by atoms with Crippen molar-refractivity contribution < 1.29 is 0 Å². The summed E-state index contributed by atoms with van der Waals surface area (Å²) in [5.74, 6) is 0. The zero-order chi connectivity index (χ0) is 15.5. The van der Waals surface area contributed by atoms with Crippen LogP contribution in [0.25, 0.3) is 23.1 Å². The number of nitrogens with zero attached hydrogens (tertiary/aromatic N) is 2. The molecule has 0 amide bonds. The fourth-order valence-corrected chi connectivity index (χ4v) is 2.84. The number of benzene rings is 1. The van der Waals surface area contributed by atoms with Gasteiger partial charge in [-0.3, -0.25) is 4.98 Å². The minimum atomic E-state index is 0.800. The molecule has 1 aromatic carbocycles. The highest BCUT2D eigenvalue weighted by Gasteiger charge is 2.12. The molecule has 2 nitrogen and oxygen atoms in total. The second kappa shape index (κ2) is 6.02. The molecule has 0 N–H and O–H groups in total. The largest absolute Gasteiger partial charge is 0.339 e. The Bertz CT molecular complexity index is 839. The Labute approximate surface area is 131 Å². The highest BCUT2D eigenvalue weighted by Crippen LogP contribution is 2.27. The van der Waals surface area contributed by atoms with Crippen molar-refractivity contribution in [2.24, 2.45) is 0 Å². The Kier molecular flexibility index (Phi) is 3.92. The predicted molar refractivity (Wildman–Crippen MR) is 94.8 cm³/mol. The lowest BCUT2D eigenvalue weighted by atomic mass is 10.1. The van der Waals surface area contributed by atoms with Crippen LogP contribution < -0.4 is 0 Å². The van der Waals surface area contributed by atoms with Gasteiger partial charge in [-0.05, 0) is 37.1 Å². The maximum atomic E-state index is 4.58. The molecule has 110 valence electrons. The molecule has 2 aromatic heterocycles. The zero-order valence-electron chi connectivity index (χ0n) is 13.1. The highest BCUT2D eigenvalue weighted by atomic mass is 15.0. The van der Waals surface area contributed by atoms with E-state index in [0.717, 1.165) is 12.2 Å². The van der Waals surface area contributed by atoms with Gasteiger partial charge in [-0.2, -0.15) is 0 Å². The second-order valence-electron chi connectivity index (χ2n) is 5.45. The average molecular weight is 288 g/mol. The predicted octanol–water partition coefficient (Wildman–Crippen LogP) is 5.01. The number of hydrogen-bond acceptors (Lipinski definition) is 1. The minimum Gasteiger partial charge on any atom is -0.339 e. The molecule has 22 heavy (non-hydrogen) atoms. The van der Waals surface area contributed by atoms with Crippen LogP contribution in [0.3, 0.4) is 0 Å². The smallest absolute Gasteiger partial charge is 0.0873 e. The van der Waals surface area contributed by atoms with Crippen molar-refractivity contribution in [2.75, 3.05) is 0 Å². The topological polar surface area (TPSA) is 17.8 Å². The van der Waals surface area contributed by atoms with E-state index in [1.807, 2.05) is 30.5 Å². The molecule has 0 spiro atoms. The lowest BCUT2D eigenvalue weighted by Crippen LogP contribution is -1.99. The number of allylic oxidation sites excluding steroid dienone is 1. The number of aryl methyl sites for hydroxylation is 1. The molecular formula is C20H20N2. The highest BCUT2D eigenvalue weighted by molar-refractivity contribution is 5.92. The van der Waals surface area contributed by atoms with Crippen molar-refractivity contribution in [1.82, 2.24) is 9.55 Å². The summed E-state index contributed by atoms with van der Waals surface area (Å²) in [6.45, 7) is 9.00. The van der Waals surface area contributed by atoms with Crippen LogP contribution in [0.2, 0.25) is 0 Å². The Hall–Kier alpha value is -2.61. The molecule has 0 atom stereocenters. The summed E-state index contributed by atoms with van der Waals surface area (Å²) in [6.07, 6.45) is 8.02. The van der Waals surface area contributed by atoms with E-state index in [9.17, 15) is 0 Å². The molecule has 3 rings (SSSR count). The maximum absolute atomic E-state index is 4.58. The average Bonchev–Trinajstić information content (AvgIpc) is 2.80. The fourth-order valence-electron chi connectivity index (χ4n) is 2.84. The summed E-state index contributed by atoms with van der Waals surface area (Å²) in [4.78, 5) is 4.58. The maximum Gasteiger partial charge on any atom is 0.0873 e. The SMILES string of the molecule is C=CCn1c(C)c(C)c2ccnc(/C=C/c3ccccc3)c21. The third-order valence-electron chi connectivity index (χ3n) is 4.12. The van der Waals surface area contributed by atoms with E-state index in [1.165, 1.54) is 27.7 Å². The van der Waals surface area contributed by atoms with E-state index in [1.54, 1.807) is 0 Å². The van der Waals surface area contributed by atoms with Gasteiger partial charge in [-0.25, -0.2) is 0 Å². The molecule has 3 aromatic rings. The van der Waals surface area contributed by atoms with E-state index >= 15 is 0 Å². The Morgan fingerprint density at radius 2 is 1.86 bits per heavy atom. The summed E-state index contributed by atoms with van der Waals surface area (Å²) in [5.41, 5.74) is 5.95. The van der Waals surface area contributed by atoms with Crippen LogP contribution in [0.4, 0.5) is 0 Å². The normalized spacial score (nSPS) is 11.4. The van der Waals surface area contributed by atoms with Gasteiger partial charge in [-0.15, -0.1) is 6.58 Å². The summed E-state index contributed by atoms with van der Waals surface area (Å²) < 4.78 is 2.29. The molecule has 0 saturated heterocycles. The third-order valence-corrected chi connectivity index (χ3v) is 4.12. The molecule has 0 aliphatic carbocycles. The lowest BCUT2D eigenvalue weighted by molar-refractivity contribution is 0.822. The van der Waals surface area contributed by atoms with Gasteiger partial charge in [0.15, 0.2) is 0 Å². The van der Waals surface area contributed by atoms with Gasteiger partial charge in [0.1, 0.15) is 0 Å². The van der Waals surface area contributed by atoms with E-state index < -0.39 is 0 Å². The first-order chi connectivity index (χ1) is 10.7. The van der Waals surface area contributed by atoms with Crippen LogP contribution in [0.5, 0.6) is 0 Å². The van der Waals surface area contributed by atoms with Gasteiger partial charge in [0.2, 0.25) is 0 Å². The number of hydrogen-bond donors (Lipinski definition) is 0. The van der Waals surface area contributed by atoms with Crippen LogP contribution in [0.1, 0.15) is 22.5 Å². The number of aromatic nitrogens is 2. The second-order valence-corrected chi connectivity index (χ2v) is 5.45. The molecule has 0 unspecified atom stereocenters. The van der Waals surface area contributed by atoms with Gasteiger partial charge >= 0.3 is 0 Å². The first-order valence-electron chi connectivity index (χ1n) is 7.51.